The molecular weight excluding hydrogens is 817 g/mol. The first-order chi connectivity index (χ1) is 32.5. The molecule has 0 aromatic rings. The number of unbranched alkanes of at least 4 members (excludes halogenated alkanes) is 26. The van der Waals surface area contributed by atoms with Crippen molar-refractivity contribution in [3.05, 3.63) is 85.1 Å². The summed E-state index contributed by atoms with van der Waals surface area (Å²) in [6.07, 6.45) is 70.0. The van der Waals surface area contributed by atoms with Crippen molar-refractivity contribution in [2.75, 3.05) is 13.2 Å². The lowest BCUT2D eigenvalue weighted by atomic mass is 10.1. The van der Waals surface area contributed by atoms with Crippen LogP contribution in [0.1, 0.15) is 258 Å². The van der Waals surface area contributed by atoms with E-state index in [4.69, 9.17) is 14.2 Å². The van der Waals surface area contributed by atoms with Crippen LogP contribution in [0.25, 0.3) is 0 Å². The zero-order chi connectivity index (χ0) is 47.9. The van der Waals surface area contributed by atoms with E-state index in [9.17, 15) is 14.4 Å². The molecule has 0 radical (unpaired) electrons. The van der Waals surface area contributed by atoms with E-state index in [1.807, 2.05) is 6.08 Å². The average Bonchev–Trinajstić information content (AvgIpc) is 3.31. The molecule has 0 aromatic carbocycles. The predicted molar refractivity (Wildman–Crippen MR) is 284 cm³/mol. The summed E-state index contributed by atoms with van der Waals surface area (Å²) in [4.78, 5) is 38.0. The maximum absolute atomic E-state index is 12.8. The van der Waals surface area contributed by atoms with Gasteiger partial charge in [-0.3, -0.25) is 14.4 Å². The van der Waals surface area contributed by atoms with Gasteiger partial charge in [0.2, 0.25) is 0 Å². The van der Waals surface area contributed by atoms with Gasteiger partial charge in [-0.1, -0.05) is 228 Å². The van der Waals surface area contributed by atoms with Crippen molar-refractivity contribution < 1.29 is 28.6 Å². The second-order valence-corrected chi connectivity index (χ2v) is 18.2. The Morgan fingerprint density at radius 1 is 0.318 bits per heavy atom. The van der Waals surface area contributed by atoms with Crippen molar-refractivity contribution in [1.29, 1.82) is 0 Å². The van der Waals surface area contributed by atoms with Gasteiger partial charge in [-0.2, -0.15) is 0 Å². The second kappa shape index (κ2) is 54.2. The Hall–Kier alpha value is -3.41. The van der Waals surface area contributed by atoms with Gasteiger partial charge in [0, 0.05) is 19.3 Å². The van der Waals surface area contributed by atoms with Gasteiger partial charge in [0.25, 0.3) is 0 Å². The minimum atomic E-state index is -0.812. The predicted octanol–water partition coefficient (Wildman–Crippen LogP) is 18.4. The van der Waals surface area contributed by atoms with Gasteiger partial charge < -0.3 is 14.2 Å². The third kappa shape index (κ3) is 51.6. The van der Waals surface area contributed by atoms with Gasteiger partial charge in [0.1, 0.15) is 13.2 Å². The largest absolute Gasteiger partial charge is 0.462 e. The number of allylic oxidation sites excluding steroid dienone is 14. The maximum Gasteiger partial charge on any atom is 0.306 e. The fraction of sp³-hybridized carbons (Fsp3) is 0.717. The summed E-state index contributed by atoms with van der Waals surface area (Å²) in [5.74, 6) is -1.00. The summed E-state index contributed by atoms with van der Waals surface area (Å²) in [5, 5.41) is 0. The van der Waals surface area contributed by atoms with E-state index in [0.29, 0.717) is 19.3 Å². The summed E-state index contributed by atoms with van der Waals surface area (Å²) in [6.45, 7) is 6.52. The number of hydrogen-bond donors (Lipinski definition) is 0. The third-order valence-electron chi connectivity index (χ3n) is 11.7. The summed E-state index contributed by atoms with van der Waals surface area (Å²) in [5.41, 5.74) is 0. The molecule has 1 atom stereocenters. The van der Waals surface area contributed by atoms with Gasteiger partial charge in [-0.25, -0.2) is 0 Å². The zero-order valence-corrected chi connectivity index (χ0v) is 43.2. The molecule has 0 heterocycles. The molecule has 0 bridgehead atoms. The SMILES string of the molecule is CCCCC/C=C/C/C=C/CCCCCCCCCC(=O)OC(COC(=O)CC/C=C/C/C=C/CCCCCCCC)COC(=O)CCCCCCC/C=C/C=C/C=C/CCCCCCC. The zero-order valence-electron chi connectivity index (χ0n) is 43.2. The highest BCUT2D eigenvalue weighted by molar-refractivity contribution is 5.71. The number of ether oxygens (including phenoxy) is 3. The van der Waals surface area contributed by atoms with E-state index in [1.165, 1.54) is 122 Å². The smallest absolute Gasteiger partial charge is 0.306 e. The van der Waals surface area contributed by atoms with E-state index in [-0.39, 0.29) is 37.5 Å². The molecule has 0 amide bonds. The van der Waals surface area contributed by atoms with Gasteiger partial charge in [0.05, 0.1) is 0 Å². The lowest BCUT2D eigenvalue weighted by Gasteiger charge is -2.18. The number of rotatable bonds is 49. The topological polar surface area (TPSA) is 78.9 Å². The Labute approximate surface area is 407 Å². The maximum atomic E-state index is 12.8. The summed E-state index contributed by atoms with van der Waals surface area (Å²) in [6, 6.07) is 0. The van der Waals surface area contributed by atoms with Crippen molar-refractivity contribution in [1.82, 2.24) is 0 Å². The van der Waals surface area contributed by atoms with Gasteiger partial charge in [-0.05, 0) is 96.3 Å². The Kier molecular flexibility index (Phi) is 51.4. The van der Waals surface area contributed by atoms with Crippen molar-refractivity contribution in [2.24, 2.45) is 0 Å². The molecule has 1 unspecified atom stereocenters. The van der Waals surface area contributed by atoms with Crippen LogP contribution in [0.3, 0.4) is 0 Å². The van der Waals surface area contributed by atoms with E-state index < -0.39 is 6.10 Å². The van der Waals surface area contributed by atoms with E-state index in [1.54, 1.807) is 0 Å². The molecule has 378 valence electrons. The van der Waals surface area contributed by atoms with Crippen LogP contribution in [0.4, 0.5) is 0 Å². The Bertz CT molecular complexity index is 1290. The number of carbonyl (C=O) groups excluding carboxylic acids is 3. The Morgan fingerprint density at radius 2 is 0.636 bits per heavy atom. The molecule has 6 heteroatoms. The number of carbonyl (C=O) groups is 3. The average molecular weight is 919 g/mol. The molecule has 0 spiro atoms. The van der Waals surface area contributed by atoms with Crippen LogP contribution in [0.15, 0.2) is 85.1 Å². The molecule has 6 nitrogen and oxygen atoms in total. The highest BCUT2D eigenvalue weighted by Gasteiger charge is 2.19. The molecule has 66 heavy (non-hydrogen) atoms. The number of hydrogen-bond acceptors (Lipinski definition) is 6. The van der Waals surface area contributed by atoms with Crippen LogP contribution in [0, 0.1) is 0 Å². The summed E-state index contributed by atoms with van der Waals surface area (Å²) < 4.78 is 16.8. The molecule has 0 saturated carbocycles. The van der Waals surface area contributed by atoms with Crippen molar-refractivity contribution in [3.63, 3.8) is 0 Å². The van der Waals surface area contributed by atoms with Gasteiger partial charge in [-0.15, -0.1) is 0 Å². The fourth-order valence-corrected chi connectivity index (χ4v) is 7.47. The van der Waals surface area contributed by atoms with Gasteiger partial charge >= 0.3 is 17.9 Å². The highest BCUT2D eigenvalue weighted by Crippen LogP contribution is 2.14. The second-order valence-electron chi connectivity index (χ2n) is 18.2. The molecule has 0 aliphatic carbocycles. The Morgan fingerprint density at radius 3 is 1.08 bits per heavy atom. The molecule has 0 N–H and O–H groups in total. The minimum absolute atomic E-state index is 0.108. The highest BCUT2D eigenvalue weighted by atomic mass is 16.6. The normalized spacial score (nSPS) is 12.7. The van der Waals surface area contributed by atoms with Crippen LogP contribution in [-0.2, 0) is 28.6 Å². The third-order valence-corrected chi connectivity index (χ3v) is 11.7. The van der Waals surface area contributed by atoms with Gasteiger partial charge in [0.15, 0.2) is 6.10 Å². The van der Waals surface area contributed by atoms with Crippen LogP contribution < -0.4 is 0 Å². The van der Waals surface area contributed by atoms with Crippen LogP contribution in [-0.4, -0.2) is 37.2 Å². The lowest BCUT2D eigenvalue weighted by Crippen LogP contribution is -2.30. The minimum Gasteiger partial charge on any atom is -0.462 e. The molecule has 0 rings (SSSR count). The summed E-state index contributed by atoms with van der Waals surface area (Å²) >= 11 is 0. The van der Waals surface area contributed by atoms with Crippen molar-refractivity contribution in [2.45, 2.75) is 264 Å². The lowest BCUT2D eigenvalue weighted by molar-refractivity contribution is -0.166. The monoisotopic (exact) mass is 919 g/mol. The summed E-state index contributed by atoms with van der Waals surface area (Å²) in [7, 11) is 0. The van der Waals surface area contributed by atoms with Crippen LogP contribution in [0.2, 0.25) is 0 Å². The first-order valence-corrected chi connectivity index (χ1v) is 27.6. The van der Waals surface area contributed by atoms with Crippen LogP contribution >= 0.6 is 0 Å². The molecule has 0 aliphatic heterocycles. The fourth-order valence-electron chi connectivity index (χ4n) is 7.47. The molecular formula is C60H102O6. The molecule has 0 saturated heterocycles. The Balaban J connectivity index is 4.49. The van der Waals surface area contributed by atoms with E-state index >= 15 is 0 Å². The molecule has 0 fully saturated rings. The quantitative estimate of drug-likeness (QED) is 0.0199. The number of esters is 3. The van der Waals surface area contributed by atoms with Crippen molar-refractivity contribution in [3.8, 4) is 0 Å². The standard InChI is InChI=1S/C60H102O6/c1-4-7-10-13-16-19-22-25-27-29-31-32-35-38-41-44-47-50-53-59(62)65-56-57(55-64-58(61)52-49-46-43-40-37-34-24-21-18-15-12-9-6-3)66-60(63)54-51-48-45-42-39-36-33-30-28-26-23-20-17-14-11-8-5-2/h17,20,22,25-29,31-32,34,37,43,46,57H,4-16,18-19,21,23-24,30,33,35-36,38-42,44-45,47-56H2,1-3H3/b20-17+,25-22+,28-26+,29-27+,32-31+,37-34+,46-43+. The van der Waals surface area contributed by atoms with Crippen molar-refractivity contribution >= 4 is 17.9 Å². The molecule has 0 aliphatic rings. The van der Waals surface area contributed by atoms with Crippen LogP contribution in [0.5, 0.6) is 0 Å². The van der Waals surface area contributed by atoms with E-state index in [2.05, 4.69) is 99.8 Å². The first-order valence-electron chi connectivity index (χ1n) is 27.6. The first kappa shape index (κ1) is 62.6. The molecule has 0 aromatic heterocycles. The van der Waals surface area contributed by atoms with E-state index in [0.717, 1.165) is 89.9 Å².